The molecule has 1 amide bonds. The van der Waals surface area contributed by atoms with Crippen LogP contribution in [0.25, 0.3) is 22.2 Å². The SMILES string of the molecule is O=C(NCc1nc(-c2ccc(Cl)cc2)cs1)c1cncc2[nH]ccc12. The Morgan fingerprint density at radius 1 is 1.20 bits per heavy atom. The van der Waals surface area contributed by atoms with Crippen molar-refractivity contribution in [1.29, 1.82) is 0 Å². The third kappa shape index (κ3) is 3.26. The van der Waals surface area contributed by atoms with Crippen LogP contribution in [0.15, 0.2) is 54.3 Å². The van der Waals surface area contributed by atoms with Gasteiger partial charge < -0.3 is 10.3 Å². The summed E-state index contributed by atoms with van der Waals surface area (Å²) in [5.41, 5.74) is 3.26. The number of H-pyrrole nitrogens is 1. The average Bonchev–Trinajstić information content (AvgIpc) is 3.29. The fraction of sp³-hybridized carbons (Fsp3) is 0.0556. The number of aromatic nitrogens is 3. The summed E-state index contributed by atoms with van der Waals surface area (Å²) in [6, 6.07) is 9.40. The van der Waals surface area contributed by atoms with Crippen LogP contribution in [-0.2, 0) is 6.54 Å². The fourth-order valence-corrected chi connectivity index (χ4v) is 3.43. The molecule has 0 spiro atoms. The number of carbonyl (C=O) groups is 1. The maximum Gasteiger partial charge on any atom is 0.253 e. The van der Waals surface area contributed by atoms with Gasteiger partial charge in [0.15, 0.2) is 0 Å². The highest BCUT2D eigenvalue weighted by atomic mass is 35.5. The van der Waals surface area contributed by atoms with E-state index in [2.05, 4.69) is 20.3 Å². The van der Waals surface area contributed by atoms with Crippen LogP contribution < -0.4 is 5.32 Å². The molecule has 0 unspecified atom stereocenters. The molecule has 124 valence electrons. The smallest absolute Gasteiger partial charge is 0.253 e. The number of fused-ring (bicyclic) bond motifs is 1. The standard InChI is InChI=1S/C18H13ClN4OS/c19-12-3-1-11(2-4-12)16-10-25-17(23-16)9-22-18(24)14-7-20-8-15-13(14)5-6-21-15/h1-8,10,21H,9H2,(H,22,24). The molecular formula is C18H13ClN4OS. The van der Waals surface area contributed by atoms with Gasteiger partial charge in [-0.15, -0.1) is 11.3 Å². The van der Waals surface area contributed by atoms with Crippen LogP contribution in [0.5, 0.6) is 0 Å². The lowest BCUT2D eigenvalue weighted by Gasteiger charge is -2.04. The van der Waals surface area contributed by atoms with E-state index in [4.69, 9.17) is 11.6 Å². The largest absolute Gasteiger partial charge is 0.360 e. The van der Waals surface area contributed by atoms with Gasteiger partial charge in [0.05, 0.1) is 29.5 Å². The monoisotopic (exact) mass is 368 g/mol. The zero-order chi connectivity index (χ0) is 17.2. The van der Waals surface area contributed by atoms with Crippen molar-refractivity contribution in [2.24, 2.45) is 0 Å². The van der Waals surface area contributed by atoms with Gasteiger partial charge in [0.25, 0.3) is 5.91 Å². The molecule has 2 N–H and O–H groups in total. The molecule has 5 nitrogen and oxygen atoms in total. The van der Waals surface area contributed by atoms with Crippen LogP contribution in [-0.4, -0.2) is 20.9 Å². The van der Waals surface area contributed by atoms with Crippen molar-refractivity contribution in [3.63, 3.8) is 0 Å². The number of amides is 1. The molecule has 1 aromatic carbocycles. The Kier molecular flexibility index (Phi) is 4.21. The van der Waals surface area contributed by atoms with Crippen LogP contribution in [0.1, 0.15) is 15.4 Å². The maximum absolute atomic E-state index is 12.4. The van der Waals surface area contributed by atoms with Crippen LogP contribution in [0, 0.1) is 0 Å². The molecular weight excluding hydrogens is 356 g/mol. The van der Waals surface area contributed by atoms with Gasteiger partial charge in [0.1, 0.15) is 5.01 Å². The Hall–Kier alpha value is -2.70. The Morgan fingerprint density at radius 2 is 2.04 bits per heavy atom. The molecule has 25 heavy (non-hydrogen) atoms. The van der Waals surface area contributed by atoms with Gasteiger partial charge in [-0.3, -0.25) is 9.78 Å². The summed E-state index contributed by atoms with van der Waals surface area (Å²) in [4.78, 5) is 24.2. The highest BCUT2D eigenvalue weighted by molar-refractivity contribution is 7.09. The number of aromatic amines is 1. The number of thiazole rings is 1. The molecule has 0 atom stereocenters. The minimum absolute atomic E-state index is 0.166. The van der Waals surface area contributed by atoms with E-state index in [-0.39, 0.29) is 5.91 Å². The third-order valence-corrected chi connectivity index (χ3v) is 4.91. The van der Waals surface area contributed by atoms with E-state index in [1.165, 1.54) is 11.3 Å². The van der Waals surface area contributed by atoms with Crippen molar-refractivity contribution >= 4 is 39.7 Å². The molecule has 4 rings (SSSR count). The topological polar surface area (TPSA) is 70.7 Å². The lowest BCUT2D eigenvalue weighted by Crippen LogP contribution is -2.23. The number of hydrogen-bond acceptors (Lipinski definition) is 4. The molecule has 0 saturated heterocycles. The van der Waals surface area contributed by atoms with E-state index < -0.39 is 0 Å². The van der Waals surface area contributed by atoms with Crippen LogP contribution in [0.4, 0.5) is 0 Å². The zero-order valence-electron chi connectivity index (χ0n) is 13.0. The average molecular weight is 369 g/mol. The zero-order valence-corrected chi connectivity index (χ0v) is 14.6. The van der Waals surface area contributed by atoms with Crippen molar-refractivity contribution in [1.82, 2.24) is 20.3 Å². The van der Waals surface area contributed by atoms with Gasteiger partial charge in [-0.2, -0.15) is 0 Å². The second kappa shape index (κ2) is 6.66. The fourth-order valence-electron chi connectivity index (χ4n) is 2.56. The number of rotatable bonds is 4. The van der Waals surface area contributed by atoms with Gasteiger partial charge in [-0.1, -0.05) is 23.7 Å². The number of benzene rings is 1. The van der Waals surface area contributed by atoms with E-state index in [9.17, 15) is 4.79 Å². The van der Waals surface area contributed by atoms with Crippen molar-refractivity contribution in [3.05, 3.63) is 69.9 Å². The highest BCUT2D eigenvalue weighted by Gasteiger charge is 2.12. The van der Waals surface area contributed by atoms with Gasteiger partial charge in [-0.05, 0) is 18.2 Å². The van der Waals surface area contributed by atoms with E-state index in [1.807, 2.05) is 35.7 Å². The second-order valence-electron chi connectivity index (χ2n) is 5.44. The van der Waals surface area contributed by atoms with Crippen LogP contribution in [0.3, 0.4) is 0 Å². The second-order valence-corrected chi connectivity index (χ2v) is 6.82. The van der Waals surface area contributed by atoms with E-state index in [1.54, 1.807) is 18.6 Å². The number of nitrogens with zero attached hydrogens (tertiary/aromatic N) is 2. The summed E-state index contributed by atoms with van der Waals surface area (Å²) in [6.45, 7) is 0.373. The molecule has 0 aliphatic carbocycles. The first kappa shape index (κ1) is 15.8. The van der Waals surface area contributed by atoms with Crippen LogP contribution >= 0.6 is 22.9 Å². The van der Waals surface area contributed by atoms with Gasteiger partial charge >= 0.3 is 0 Å². The van der Waals surface area contributed by atoms with Crippen molar-refractivity contribution < 1.29 is 4.79 Å². The molecule has 4 aromatic rings. The maximum atomic E-state index is 12.4. The van der Waals surface area contributed by atoms with Gasteiger partial charge in [0, 0.05) is 33.7 Å². The molecule has 7 heteroatoms. The number of halogens is 1. The Balaban J connectivity index is 1.47. The summed E-state index contributed by atoms with van der Waals surface area (Å²) in [5, 5.41) is 7.27. The summed E-state index contributed by atoms with van der Waals surface area (Å²) < 4.78 is 0. The van der Waals surface area contributed by atoms with Crippen molar-refractivity contribution in [2.75, 3.05) is 0 Å². The lowest BCUT2D eigenvalue weighted by molar-refractivity contribution is 0.0952. The summed E-state index contributed by atoms with van der Waals surface area (Å²) >= 11 is 7.42. The number of nitrogens with one attached hydrogen (secondary N) is 2. The van der Waals surface area contributed by atoms with Gasteiger partial charge in [0.2, 0.25) is 0 Å². The molecule has 0 radical (unpaired) electrons. The molecule has 0 aliphatic heterocycles. The Labute approximate surface area is 152 Å². The number of hydrogen-bond donors (Lipinski definition) is 2. The third-order valence-electron chi connectivity index (χ3n) is 3.81. The quantitative estimate of drug-likeness (QED) is 0.565. The first-order valence-corrected chi connectivity index (χ1v) is 8.86. The molecule has 0 aliphatic rings. The molecule has 3 heterocycles. The summed E-state index contributed by atoms with van der Waals surface area (Å²) in [6.07, 6.45) is 5.07. The molecule has 0 bridgehead atoms. The summed E-state index contributed by atoms with van der Waals surface area (Å²) in [5.74, 6) is -0.166. The van der Waals surface area contributed by atoms with E-state index >= 15 is 0 Å². The molecule has 0 fully saturated rings. The van der Waals surface area contributed by atoms with Gasteiger partial charge in [-0.25, -0.2) is 4.98 Å². The Bertz CT molecular complexity index is 1040. The summed E-state index contributed by atoms with van der Waals surface area (Å²) in [7, 11) is 0. The molecule has 3 aromatic heterocycles. The first-order chi connectivity index (χ1) is 12.2. The molecule has 0 saturated carbocycles. The van der Waals surface area contributed by atoms with Crippen molar-refractivity contribution in [3.8, 4) is 11.3 Å². The minimum atomic E-state index is -0.166. The lowest BCUT2D eigenvalue weighted by atomic mass is 10.2. The van der Waals surface area contributed by atoms with E-state index in [0.29, 0.717) is 17.1 Å². The number of carbonyl (C=O) groups excluding carboxylic acids is 1. The minimum Gasteiger partial charge on any atom is -0.360 e. The predicted octanol–water partition coefficient (Wildman–Crippen LogP) is 4.27. The highest BCUT2D eigenvalue weighted by Crippen LogP contribution is 2.23. The Morgan fingerprint density at radius 3 is 2.88 bits per heavy atom. The van der Waals surface area contributed by atoms with Crippen LogP contribution in [0.2, 0.25) is 5.02 Å². The van der Waals surface area contributed by atoms with Crippen molar-refractivity contribution in [2.45, 2.75) is 6.54 Å². The van der Waals surface area contributed by atoms with E-state index in [0.717, 1.165) is 27.2 Å². The number of pyridine rings is 1. The normalized spacial score (nSPS) is 10.9. The first-order valence-electron chi connectivity index (χ1n) is 7.60. The predicted molar refractivity (Wildman–Crippen MR) is 99.8 cm³/mol.